The Morgan fingerprint density at radius 2 is 2.13 bits per heavy atom. The maximum Gasteiger partial charge on any atom is 0.0685 e. The molecule has 0 aromatic heterocycles. The first-order valence-corrected chi connectivity index (χ1v) is 6.51. The van der Waals surface area contributed by atoms with E-state index in [1.165, 1.54) is 32.1 Å². The van der Waals surface area contributed by atoms with E-state index < -0.39 is 0 Å². The van der Waals surface area contributed by atoms with E-state index in [0.29, 0.717) is 11.5 Å². The lowest BCUT2D eigenvalue weighted by Gasteiger charge is -2.49. The quantitative estimate of drug-likeness (QED) is 0.778. The van der Waals surface area contributed by atoms with Crippen LogP contribution in [0.3, 0.4) is 0 Å². The third-order valence-electron chi connectivity index (χ3n) is 4.81. The lowest BCUT2D eigenvalue weighted by molar-refractivity contribution is -0.151. The first-order chi connectivity index (χ1) is 7.17. The van der Waals surface area contributed by atoms with Crippen LogP contribution in [-0.2, 0) is 4.74 Å². The monoisotopic (exact) mass is 211 g/mol. The van der Waals surface area contributed by atoms with Crippen LogP contribution in [0.25, 0.3) is 0 Å². The van der Waals surface area contributed by atoms with Gasteiger partial charge in [-0.2, -0.15) is 0 Å². The third kappa shape index (κ3) is 2.21. The van der Waals surface area contributed by atoms with Gasteiger partial charge in [0.15, 0.2) is 0 Å². The summed E-state index contributed by atoms with van der Waals surface area (Å²) in [4.78, 5) is 0. The molecule has 1 saturated carbocycles. The summed E-state index contributed by atoms with van der Waals surface area (Å²) in [6.07, 6.45) is 6.50. The van der Waals surface area contributed by atoms with Gasteiger partial charge in [-0.15, -0.1) is 0 Å². The van der Waals surface area contributed by atoms with E-state index in [1.807, 2.05) is 0 Å². The molecule has 1 heterocycles. The van der Waals surface area contributed by atoms with Crippen LogP contribution in [0.2, 0.25) is 0 Å². The molecule has 15 heavy (non-hydrogen) atoms. The van der Waals surface area contributed by atoms with Crippen molar-refractivity contribution < 1.29 is 4.74 Å². The Bertz CT molecular complexity index is 213. The lowest BCUT2D eigenvalue weighted by Crippen LogP contribution is -2.47. The highest BCUT2D eigenvalue weighted by Gasteiger charge is 2.43. The van der Waals surface area contributed by atoms with Crippen molar-refractivity contribution in [3.8, 4) is 0 Å². The summed E-state index contributed by atoms with van der Waals surface area (Å²) in [5.41, 5.74) is 6.06. The van der Waals surface area contributed by atoms with E-state index in [4.69, 9.17) is 10.5 Å². The minimum atomic E-state index is 0.297. The highest BCUT2D eigenvalue weighted by atomic mass is 16.5. The van der Waals surface area contributed by atoms with Crippen molar-refractivity contribution >= 4 is 0 Å². The molecule has 0 radical (unpaired) electrons. The molecule has 3 atom stereocenters. The number of ether oxygens (including phenoxy) is 1. The smallest absolute Gasteiger partial charge is 0.0685 e. The van der Waals surface area contributed by atoms with Crippen molar-refractivity contribution in [2.24, 2.45) is 23.5 Å². The van der Waals surface area contributed by atoms with Crippen LogP contribution in [-0.4, -0.2) is 18.8 Å². The summed E-state index contributed by atoms with van der Waals surface area (Å²) >= 11 is 0. The zero-order chi connectivity index (χ0) is 10.9. The molecule has 0 amide bonds. The van der Waals surface area contributed by atoms with E-state index in [9.17, 15) is 0 Å². The second-order valence-corrected chi connectivity index (χ2v) is 5.71. The molecule has 2 rings (SSSR count). The summed E-state index contributed by atoms with van der Waals surface area (Å²) in [6, 6.07) is 0. The normalized spacial score (nSPS) is 33.4. The topological polar surface area (TPSA) is 35.2 Å². The molecule has 2 nitrogen and oxygen atoms in total. The van der Waals surface area contributed by atoms with Crippen LogP contribution >= 0.6 is 0 Å². The van der Waals surface area contributed by atoms with Gasteiger partial charge in [-0.05, 0) is 56.4 Å². The molecule has 2 heteroatoms. The van der Waals surface area contributed by atoms with E-state index >= 15 is 0 Å². The van der Waals surface area contributed by atoms with Crippen LogP contribution in [0.1, 0.15) is 46.0 Å². The Morgan fingerprint density at radius 3 is 2.67 bits per heavy atom. The van der Waals surface area contributed by atoms with Crippen molar-refractivity contribution in [1.29, 1.82) is 0 Å². The van der Waals surface area contributed by atoms with Gasteiger partial charge in [0.2, 0.25) is 0 Å². The van der Waals surface area contributed by atoms with Crippen molar-refractivity contribution in [2.75, 3.05) is 13.2 Å². The zero-order valence-electron chi connectivity index (χ0n) is 10.2. The molecule has 2 aliphatic rings. The van der Waals surface area contributed by atoms with Gasteiger partial charge in [-0.3, -0.25) is 0 Å². The maximum atomic E-state index is 5.96. The summed E-state index contributed by atoms with van der Waals surface area (Å²) < 4.78 is 5.96. The molecule has 88 valence electrons. The largest absolute Gasteiger partial charge is 0.375 e. The fourth-order valence-electron chi connectivity index (χ4n) is 3.11. The highest BCUT2D eigenvalue weighted by molar-refractivity contribution is 4.95. The van der Waals surface area contributed by atoms with Gasteiger partial charge in [0, 0.05) is 6.61 Å². The second kappa shape index (κ2) is 4.42. The minimum Gasteiger partial charge on any atom is -0.375 e. The van der Waals surface area contributed by atoms with E-state index in [1.54, 1.807) is 0 Å². The number of hydrogen-bond donors (Lipinski definition) is 1. The minimum absolute atomic E-state index is 0.297. The average Bonchev–Trinajstić information content (AvgIpc) is 2.25. The lowest BCUT2D eigenvalue weighted by atomic mass is 9.67. The van der Waals surface area contributed by atoms with Crippen molar-refractivity contribution in [1.82, 2.24) is 0 Å². The van der Waals surface area contributed by atoms with Crippen LogP contribution in [0.15, 0.2) is 0 Å². The predicted molar refractivity (Wildman–Crippen MR) is 62.6 cm³/mol. The van der Waals surface area contributed by atoms with Crippen molar-refractivity contribution in [3.63, 3.8) is 0 Å². The van der Waals surface area contributed by atoms with Crippen LogP contribution in [0, 0.1) is 17.8 Å². The summed E-state index contributed by atoms with van der Waals surface area (Å²) in [5, 5.41) is 0. The highest BCUT2D eigenvalue weighted by Crippen LogP contribution is 2.46. The van der Waals surface area contributed by atoms with Crippen molar-refractivity contribution in [2.45, 2.75) is 51.6 Å². The average molecular weight is 211 g/mol. The Hall–Kier alpha value is -0.0800. The molecule has 2 N–H and O–H groups in total. The van der Waals surface area contributed by atoms with Gasteiger partial charge in [-0.1, -0.05) is 13.8 Å². The molecule has 1 saturated heterocycles. The fourth-order valence-corrected chi connectivity index (χ4v) is 3.11. The molecular formula is C13H25NO. The van der Waals surface area contributed by atoms with E-state index in [2.05, 4.69) is 13.8 Å². The summed E-state index contributed by atoms with van der Waals surface area (Å²) in [7, 11) is 0. The Labute approximate surface area is 93.6 Å². The Morgan fingerprint density at radius 1 is 1.40 bits per heavy atom. The zero-order valence-corrected chi connectivity index (χ0v) is 10.2. The van der Waals surface area contributed by atoms with Crippen LogP contribution < -0.4 is 5.73 Å². The van der Waals surface area contributed by atoms with E-state index in [0.717, 1.165) is 25.0 Å². The molecule has 0 bridgehead atoms. The summed E-state index contributed by atoms with van der Waals surface area (Å²) in [6.45, 7) is 6.46. The van der Waals surface area contributed by atoms with Gasteiger partial charge in [0.05, 0.1) is 5.60 Å². The Balaban J connectivity index is 1.92. The predicted octanol–water partition coefficient (Wildman–Crippen LogP) is 2.57. The molecule has 1 aliphatic heterocycles. The van der Waals surface area contributed by atoms with Crippen LogP contribution in [0.5, 0.6) is 0 Å². The maximum absolute atomic E-state index is 5.96. The number of nitrogens with two attached hydrogens (primary N) is 1. The molecule has 3 unspecified atom stereocenters. The summed E-state index contributed by atoms with van der Waals surface area (Å²) in [5.74, 6) is 2.26. The molecular weight excluding hydrogens is 186 g/mol. The van der Waals surface area contributed by atoms with Crippen LogP contribution in [0.4, 0.5) is 0 Å². The van der Waals surface area contributed by atoms with Crippen molar-refractivity contribution in [3.05, 3.63) is 0 Å². The fraction of sp³-hybridized carbons (Fsp3) is 1.00. The molecule has 2 fully saturated rings. The SMILES string of the molecule is CC(CN)C(C)C1CCOC2(CCC2)C1. The number of rotatable bonds is 3. The van der Waals surface area contributed by atoms with Gasteiger partial charge in [0.25, 0.3) is 0 Å². The first kappa shape index (κ1) is 11.4. The van der Waals surface area contributed by atoms with Gasteiger partial charge >= 0.3 is 0 Å². The number of hydrogen-bond acceptors (Lipinski definition) is 2. The molecule has 0 aromatic rings. The first-order valence-electron chi connectivity index (χ1n) is 6.51. The Kier molecular flexibility index (Phi) is 3.36. The molecule has 1 aliphatic carbocycles. The van der Waals surface area contributed by atoms with Gasteiger partial charge < -0.3 is 10.5 Å². The molecule has 1 spiro atoms. The van der Waals surface area contributed by atoms with E-state index in [-0.39, 0.29) is 0 Å². The molecule has 0 aromatic carbocycles. The van der Waals surface area contributed by atoms with Gasteiger partial charge in [-0.25, -0.2) is 0 Å². The second-order valence-electron chi connectivity index (χ2n) is 5.71. The van der Waals surface area contributed by atoms with Gasteiger partial charge in [0.1, 0.15) is 0 Å². The third-order valence-corrected chi connectivity index (χ3v) is 4.81. The standard InChI is InChI=1S/C13H25NO/c1-10(9-14)11(2)12-4-7-15-13(8-12)5-3-6-13/h10-12H,3-9,14H2,1-2H3.